The molecule has 0 spiro atoms. The highest BCUT2D eigenvalue weighted by molar-refractivity contribution is 5.92. The Bertz CT molecular complexity index is 486. The Hall–Kier alpha value is -1.92. The van der Waals surface area contributed by atoms with Crippen molar-refractivity contribution in [2.75, 3.05) is 31.6 Å². The first-order valence-electron chi connectivity index (χ1n) is 6.48. The quantitative estimate of drug-likeness (QED) is 0.848. The Balaban J connectivity index is 1.85. The van der Waals surface area contributed by atoms with E-state index in [1.165, 1.54) is 0 Å². The molecule has 1 fully saturated rings. The third-order valence-corrected chi connectivity index (χ3v) is 3.13. The van der Waals surface area contributed by atoms with Gasteiger partial charge in [-0.05, 0) is 19.1 Å². The molecule has 2 rings (SSSR count). The highest BCUT2D eigenvalue weighted by Crippen LogP contribution is 2.09. The van der Waals surface area contributed by atoms with E-state index in [-0.39, 0.29) is 19.0 Å². The molecular weight excluding hydrogens is 260 g/mol. The maximum atomic E-state index is 11.9. The Morgan fingerprint density at radius 1 is 1.40 bits per heavy atom. The maximum Gasteiger partial charge on any atom is 0.334 e. The van der Waals surface area contributed by atoms with Gasteiger partial charge in [0, 0.05) is 18.8 Å². The van der Waals surface area contributed by atoms with Gasteiger partial charge in [0.1, 0.15) is 0 Å². The standard InChI is InChI=1S/C14H18N2O4/c1-10-2-4-11(5-3-10)15-13(17)9-16-6-7-20-12(8-16)14(18)19/h2-5,12H,6-9H2,1H3,(H,15,17)(H,18,19). The average molecular weight is 278 g/mol. The summed E-state index contributed by atoms with van der Waals surface area (Å²) in [4.78, 5) is 24.5. The molecule has 6 heteroatoms. The molecule has 1 unspecified atom stereocenters. The fourth-order valence-corrected chi connectivity index (χ4v) is 2.04. The molecule has 0 aliphatic carbocycles. The zero-order valence-corrected chi connectivity index (χ0v) is 11.3. The number of nitrogens with one attached hydrogen (secondary N) is 1. The number of carboxylic acid groups (broad SMARTS) is 1. The number of hydrogen-bond donors (Lipinski definition) is 2. The lowest BCUT2D eigenvalue weighted by atomic mass is 10.2. The number of amides is 1. The van der Waals surface area contributed by atoms with Gasteiger partial charge in [-0.25, -0.2) is 4.79 Å². The van der Waals surface area contributed by atoms with E-state index >= 15 is 0 Å². The van der Waals surface area contributed by atoms with Crippen LogP contribution in [0.15, 0.2) is 24.3 Å². The first-order chi connectivity index (χ1) is 9.54. The Kier molecular flexibility index (Phi) is 4.70. The number of benzene rings is 1. The van der Waals surface area contributed by atoms with E-state index in [4.69, 9.17) is 9.84 Å². The van der Waals surface area contributed by atoms with Crippen LogP contribution in [-0.4, -0.2) is 54.2 Å². The van der Waals surface area contributed by atoms with Gasteiger partial charge in [-0.3, -0.25) is 9.69 Å². The number of anilines is 1. The van der Waals surface area contributed by atoms with Crippen LogP contribution in [-0.2, 0) is 14.3 Å². The molecule has 1 saturated heterocycles. The molecule has 108 valence electrons. The predicted octanol–water partition coefficient (Wildman–Crippen LogP) is 0.719. The zero-order valence-electron chi connectivity index (χ0n) is 11.3. The van der Waals surface area contributed by atoms with Gasteiger partial charge in [0.05, 0.1) is 13.2 Å². The van der Waals surface area contributed by atoms with E-state index in [0.717, 1.165) is 11.3 Å². The molecular formula is C14H18N2O4. The van der Waals surface area contributed by atoms with Crippen molar-refractivity contribution in [1.29, 1.82) is 0 Å². The van der Waals surface area contributed by atoms with Gasteiger partial charge in [0.15, 0.2) is 6.10 Å². The Morgan fingerprint density at radius 3 is 2.75 bits per heavy atom. The summed E-state index contributed by atoms with van der Waals surface area (Å²) in [5, 5.41) is 11.7. The SMILES string of the molecule is Cc1ccc(NC(=O)CN2CCOC(C(=O)O)C2)cc1. The monoisotopic (exact) mass is 278 g/mol. The number of ether oxygens (including phenoxy) is 1. The molecule has 1 aliphatic rings. The number of aliphatic carboxylic acids is 1. The van der Waals surface area contributed by atoms with Crippen molar-refractivity contribution in [1.82, 2.24) is 4.90 Å². The van der Waals surface area contributed by atoms with E-state index in [9.17, 15) is 9.59 Å². The predicted molar refractivity (Wildman–Crippen MR) is 73.6 cm³/mol. The highest BCUT2D eigenvalue weighted by atomic mass is 16.5. The summed E-state index contributed by atoms with van der Waals surface area (Å²) < 4.78 is 5.11. The Morgan fingerprint density at radius 2 is 2.10 bits per heavy atom. The first kappa shape index (κ1) is 14.5. The van der Waals surface area contributed by atoms with E-state index < -0.39 is 12.1 Å². The van der Waals surface area contributed by atoms with Crippen LogP contribution in [0.3, 0.4) is 0 Å². The fourth-order valence-electron chi connectivity index (χ4n) is 2.04. The van der Waals surface area contributed by atoms with Gasteiger partial charge in [0.25, 0.3) is 0 Å². The number of morpholine rings is 1. The van der Waals surface area contributed by atoms with Crippen LogP contribution in [0.25, 0.3) is 0 Å². The van der Waals surface area contributed by atoms with Crippen molar-refractivity contribution in [2.24, 2.45) is 0 Å². The summed E-state index contributed by atoms with van der Waals surface area (Å²) in [5.41, 5.74) is 1.86. The molecule has 1 amide bonds. The molecule has 0 saturated carbocycles. The van der Waals surface area contributed by atoms with Crippen LogP contribution < -0.4 is 5.32 Å². The molecule has 2 N–H and O–H groups in total. The number of carbonyl (C=O) groups excluding carboxylic acids is 1. The number of rotatable bonds is 4. The molecule has 0 aromatic heterocycles. The summed E-state index contributed by atoms with van der Waals surface area (Å²) in [5.74, 6) is -1.14. The van der Waals surface area contributed by atoms with Gasteiger partial charge in [-0.15, -0.1) is 0 Å². The summed E-state index contributed by atoms with van der Waals surface area (Å²) in [6, 6.07) is 7.52. The minimum Gasteiger partial charge on any atom is -0.479 e. The third kappa shape index (κ3) is 4.04. The van der Waals surface area contributed by atoms with E-state index in [2.05, 4.69) is 5.32 Å². The van der Waals surface area contributed by atoms with Crippen molar-refractivity contribution in [3.63, 3.8) is 0 Å². The summed E-state index contributed by atoms with van der Waals surface area (Å²) in [7, 11) is 0. The van der Waals surface area contributed by atoms with E-state index in [0.29, 0.717) is 13.2 Å². The number of carboxylic acids is 1. The normalized spacial score (nSPS) is 19.6. The smallest absolute Gasteiger partial charge is 0.334 e. The van der Waals surface area contributed by atoms with Crippen LogP contribution in [0.2, 0.25) is 0 Å². The van der Waals surface area contributed by atoms with Gasteiger partial charge >= 0.3 is 5.97 Å². The zero-order chi connectivity index (χ0) is 14.5. The summed E-state index contributed by atoms with van der Waals surface area (Å²) in [6.45, 7) is 3.27. The second kappa shape index (κ2) is 6.49. The number of hydrogen-bond acceptors (Lipinski definition) is 4. The number of nitrogens with zero attached hydrogens (tertiary/aromatic N) is 1. The van der Waals surface area contributed by atoms with E-state index in [1.54, 1.807) is 4.90 Å². The van der Waals surface area contributed by atoms with Crippen molar-refractivity contribution in [2.45, 2.75) is 13.0 Å². The van der Waals surface area contributed by atoms with Gasteiger partial charge in [0.2, 0.25) is 5.91 Å². The van der Waals surface area contributed by atoms with Crippen molar-refractivity contribution < 1.29 is 19.4 Å². The van der Waals surface area contributed by atoms with Crippen LogP contribution in [0.1, 0.15) is 5.56 Å². The molecule has 0 bridgehead atoms. The summed E-state index contributed by atoms with van der Waals surface area (Å²) >= 11 is 0. The minimum atomic E-state index is -0.992. The maximum absolute atomic E-state index is 11.9. The lowest BCUT2D eigenvalue weighted by molar-refractivity contribution is -0.156. The van der Waals surface area contributed by atoms with Gasteiger partial charge < -0.3 is 15.2 Å². The second-order valence-electron chi connectivity index (χ2n) is 4.85. The van der Waals surface area contributed by atoms with Gasteiger partial charge in [-0.1, -0.05) is 17.7 Å². The van der Waals surface area contributed by atoms with Crippen molar-refractivity contribution in [3.05, 3.63) is 29.8 Å². The van der Waals surface area contributed by atoms with E-state index in [1.807, 2.05) is 31.2 Å². The average Bonchev–Trinajstić information content (AvgIpc) is 2.41. The number of carbonyl (C=O) groups is 2. The van der Waals surface area contributed by atoms with Crippen LogP contribution >= 0.6 is 0 Å². The van der Waals surface area contributed by atoms with Crippen molar-refractivity contribution in [3.8, 4) is 0 Å². The molecule has 1 atom stereocenters. The molecule has 1 aliphatic heterocycles. The highest BCUT2D eigenvalue weighted by Gasteiger charge is 2.27. The molecule has 1 aromatic rings. The summed E-state index contributed by atoms with van der Waals surface area (Å²) in [6.07, 6.45) is -0.851. The lowest BCUT2D eigenvalue weighted by Gasteiger charge is -2.30. The molecule has 1 aromatic carbocycles. The van der Waals surface area contributed by atoms with Crippen LogP contribution in [0.4, 0.5) is 5.69 Å². The second-order valence-corrected chi connectivity index (χ2v) is 4.85. The Labute approximate surface area is 117 Å². The fraction of sp³-hybridized carbons (Fsp3) is 0.429. The van der Waals surface area contributed by atoms with Crippen molar-refractivity contribution >= 4 is 17.6 Å². The van der Waals surface area contributed by atoms with Gasteiger partial charge in [-0.2, -0.15) is 0 Å². The first-order valence-corrected chi connectivity index (χ1v) is 6.48. The molecule has 20 heavy (non-hydrogen) atoms. The van der Waals surface area contributed by atoms with Crippen LogP contribution in [0.5, 0.6) is 0 Å². The largest absolute Gasteiger partial charge is 0.479 e. The van der Waals surface area contributed by atoms with Crippen LogP contribution in [0, 0.1) is 6.92 Å². The minimum absolute atomic E-state index is 0.153. The topological polar surface area (TPSA) is 78.9 Å². The molecule has 0 radical (unpaired) electrons. The molecule has 6 nitrogen and oxygen atoms in total. The lowest BCUT2D eigenvalue weighted by Crippen LogP contribution is -2.48. The third-order valence-electron chi connectivity index (χ3n) is 3.13. The molecule has 1 heterocycles. The number of aryl methyl sites for hydroxylation is 1.